The third-order valence-corrected chi connectivity index (χ3v) is 7.42. The first-order valence-corrected chi connectivity index (χ1v) is 13.5. The summed E-state index contributed by atoms with van der Waals surface area (Å²) in [5.41, 5.74) is 1.01. The zero-order valence-electron chi connectivity index (χ0n) is 16.8. The van der Waals surface area contributed by atoms with Gasteiger partial charge in [-0.05, 0) is 83.3 Å². The van der Waals surface area contributed by atoms with Gasteiger partial charge in [-0.2, -0.15) is 0 Å². The highest BCUT2D eigenvalue weighted by Crippen LogP contribution is 2.20. The van der Waals surface area contributed by atoms with Gasteiger partial charge in [0, 0.05) is 15.5 Å². The van der Waals surface area contributed by atoms with E-state index in [-0.39, 0.29) is 4.90 Å². The number of pyridine rings is 1. The second-order valence-electron chi connectivity index (χ2n) is 6.67. The Kier molecular flexibility index (Phi) is 7.36. The number of carbonyl (C=O) groups excluding carboxylic acids is 1. The van der Waals surface area contributed by atoms with Crippen molar-refractivity contribution in [3.63, 3.8) is 0 Å². The first-order chi connectivity index (χ1) is 15.0. The molecule has 0 bridgehead atoms. The normalized spacial score (nSPS) is 11.6. The van der Waals surface area contributed by atoms with Gasteiger partial charge >= 0.3 is 0 Å². The second-order valence-corrected chi connectivity index (χ2v) is 11.5. The van der Waals surface area contributed by atoms with E-state index < -0.39 is 32.5 Å². The molecule has 2 N–H and O–H groups in total. The number of hydrogen-bond donors (Lipinski definition) is 2. The van der Waals surface area contributed by atoms with Gasteiger partial charge in [0.25, 0.3) is 10.0 Å². The van der Waals surface area contributed by atoms with Crippen LogP contribution in [0.2, 0.25) is 0 Å². The molecule has 0 unspecified atom stereocenters. The summed E-state index contributed by atoms with van der Waals surface area (Å²) >= 11 is 2.10. The van der Waals surface area contributed by atoms with Crippen molar-refractivity contribution in [2.75, 3.05) is 27.1 Å². The molecule has 1 amide bonds. The maximum atomic E-state index is 12.5. The van der Waals surface area contributed by atoms with E-state index in [1.165, 1.54) is 36.7 Å². The summed E-state index contributed by atoms with van der Waals surface area (Å²) in [5.74, 6) is -0.571. The van der Waals surface area contributed by atoms with Crippen LogP contribution in [0.15, 0.2) is 78.0 Å². The van der Waals surface area contributed by atoms with E-state index in [0.29, 0.717) is 17.1 Å². The number of rotatable bonds is 8. The number of nitrogens with zero attached hydrogens (tertiary/aromatic N) is 2. The molecule has 168 valence electrons. The summed E-state index contributed by atoms with van der Waals surface area (Å²) in [5, 5.41) is 2.58. The van der Waals surface area contributed by atoms with Crippen molar-refractivity contribution in [2.24, 2.45) is 0 Å². The highest BCUT2D eigenvalue weighted by atomic mass is 127. The molecule has 0 saturated carbocycles. The number of hydrogen-bond acceptors (Lipinski definition) is 6. The average molecular weight is 586 g/mol. The zero-order valence-corrected chi connectivity index (χ0v) is 20.6. The third kappa shape index (κ3) is 6.40. The summed E-state index contributed by atoms with van der Waals surface area (Å²) in [6, 6.07) is 15.4. The summed E-state index contributed by atoms with van der Waals surface area (Å²) in [7, 11) is -7.52. The fourth-order valence-corrected chi connectivity index (χ4v) is 4.95. The summed E-state index contributed by atoms with van der Waals surface area (Å²) in [6.07, 6.45) is 3.93. The van der Waals surface area contributed by atoms with Crippen LogP contribution in [0.1, 0.15) is 0 Å². The van der Waals surface area contributed by atoms with Gasteiger partial charge in [0.15, 0.2) is 0 Å². The van der Waals surface area contributed by atoms with Crippen molar-refractivity contribution in [1.82, 2.24) is 4.98 Å². The minimum absolute atomic E-state index is 0.00370. The number of aromatic nitrogens is 1. The van der Waals surface area contributed by atoms with Gasteiger partial charge in [-0.15, -0.1) is 0 Å². The van der Waals surface area contributed by atoms with Gasteiger partial charge in [0.05, 0.1) is 28.7 Å². The predicted molar refractivity (Wildman–Crippen MR) is 131 cm³/mol. The largest absolute Gasteiger partial charge is 0.325 e. The fourth-order valence-electron chi connectivity index (χ4n) is 2.69. The Labute approximate surface area is 200 Å². The average Bonchev–Trinajstić information content (AvgIpc) is 2.73. The van der Waals surface area contributed by atoms with Crippen molar-refractivity contribution in [2.45, 2.75) is 4.90 Å². The Morgan fingerprint density at radius 3 is 2.19 bits per heavy atom. The number of nitrogens with one attached hydrogen (secondary N) is 2. The Hall–Kier alpha value is -2.71. The molecular weight excluding hydrogens is 567 g/mol. The Morgan fingerprint density at radius 1 is 0.969 bits per heavy atom. The molecule has 0 aliphatic rings. The summed E-state index contributed by atoms with van der Waals surface area (Å²) < 4.78 is 53.6. The van der Waals surface area contributed by atoms with E-state index in [2.05, 4.69) is 37.6 Å². The van der Waals surface area contributed by atoms with Crippen molar-refractivity contribution in [3.05, 3.63) is 76.6 Å². The van der Waals surface area contributed by atoms with Gasteiger partial charge in [0.2, 0.25) is 15.9 Å². The van der Waals surface area contributed by atoms with Crippen molar-refractivity contribution in [1.29, 1.82) is 0 Å². The molecule has 3 rings (SSSR count). The molecule has 0 aliphatic carbocycles. The number of benzene rings is 2. The van der Waals surface area contributed by atoms with Crippen LogP contribution in [0.3, 0.4) is 0 Å². The molecule has 9 nitrogen and oxygen atoms in total. The van der Waals surface area contributed by atoms with Crippen LogP contribution in [-0.2, 0) is 24.8 Å². The molecule has 32 heavy (non-hydrogen) atoms. The van der Waals surface area contributed by atoms with Crippen LogP contribution in [0.5, 0.6) is 0 Å². The molecule has 0 spiro atoms. The third-order valence-electron chi connectivity index (χ3n) is 4.16. The molecular formula is C20H19IN4O5S2. The minimum Gasteiger partial charge on any atom is -0.325 e. The van der Waals surface area contributed by atoms with Gasteiger partial charge < -0.3 is 5.32 Å². The standard InChI is InChI=1S/C20H19IN4O5S2/c1-31(27,28)25(18-8-4-15(21)5-9-18)14-20(26)23-16-6-10-19(11-7-16)32(29,30)24-17-3-2-12-22-13-17/h2-13,24H,14H2,1H3,(H,23,26). The number of amides is 1. The SMILES string of the molecule is CS(=O)(=O)N(CC(=O)Nc1ccc(S(=O)(=O)Nc2cccnc2)cc1)c1ccc(I)cc1. The molecule has 2 aromatic carbocycles. The van der Waals surface area contributed by atoms with Crippen LogP contribution in [0, 0.1) is 3.57 Å². The molecule has 0 atom stereocenters. The lowest BCUT2D eigenvalue weighted by Crippen LogP contribution is -2.37. The van der Waals surface area contributed by atoms with Crippen LogP contribution >= 0.6 is 22.6 Å². The molecule has 1 heterocycles. The lowest BCUT2D eigenvalue weighted by Gasteiger charge is -2.22. The van der Waals surface area contributed by atoms with E-state index in [1.807, 2.05) is 0 Å². The maximum Gasteiger partial charge on any atom is 0.261 e. The van der Waals surface area contributed by atoms with Crippen LogP contribution < -0.4 is 14.3 Å². The van der Waals surface area contributed by atoms with E-state index in [1.54, 1.807) is 36.4 Å². The van der Waals surface area contributed by atoms with Crippen LogP contribution in [0.25, 0.3) is 0 Å². The molecule has 0 saturated heterocycles. The van der Waals surface area contributed by atoms with E-state index in [4.69, 9.17) is 0 Å². The van der Waals surface area contributed by atoms with Crippen LogP contribution in [0.4, 0.5) is 17.1 Å². The quantitative estimate of drug-likeness (QED) is 0.391. The highest BCUT2D eigenvalue weighted by Gasteiger charge is 2.21. The lowest BCUT2D eigenvalue weighted by atomic mass is 10.3. The first kappa shape index (κ1) is 23.9. The minimum atomic E-state index is -3.83. The fraction of sp³-hybridized carbons (Fsp3) is 0.100. The Morgan fingerprint density at radius 2 is 1.62 bits per heavy atom. The smallest absolute Gasteiger partial charge is 0.261 e. The number of halogens is 1. The molecule has 3 aromatic rings. The monoisotopic (exact) mass is 586 g/mol. The molecule has 0 aliphatic heterocycles. The summed E-state index contributed by atoms with van der Waals surface area (Å²) in [4.78, 5) is 16.3. The second kappa shape index (κ2) is 9.83. The number of anilines is 3. The molecule has 0 radical (unpaired) electrons. The highest BCUT2D eigenvalue weighted by molar-refractivity contribution is 14.1. The van der Waals surface area contributed by atoms with Crippen molar-refractivity contribution in [3.8, 4) is 0 Å². The van der Waals surface area contributed by atoms with Crippen LogP contribution in [-0.4, -0.2) is 40.5 Å². The predicted octanol–water partition coefficient (Wildman–Crippen LogP) is 2.89. The lowest BCUT2D eigenvalue weighted by molar-refractivity contribution is -0.114. The number of carbonyl (C=O) groups is 1. The Bertz CT molecular complexity index is 1300. The van der Waals surface area contributed by atoms with Gasteiger partial charge in [-0.3, -0.25) is 18.8 Å². The molecule has 1 aromatic heterocycles. The maximum absolute atomic E-state index is 12.5. The summed E-state index contributed by atoms with van der Waals surface area (Å²) in [6.45, 7) is -0.429. The van der Waals surface area contributed by atoms with Gasteiger partial charge in [-0.25, -0.2) is 16.8 Å². The van der Waals surface area contributed by atoms with Crippen molar-refractivity contribution >= 4 is 65.6 Å². The first-order valence-electron chi connectivity index (χ1n) is 9.11. The van der Waals surface area contributed by atoms with E-state index >= 15 is 0 Å². The van der Waals surface area contributed by atoms with Gasteiger partial charge in [-0.1, -0.05) is 0 Å². The van der Waals surface area contributed by atoms with Gasteiger partial charge in [0.1, 0.15) is 6.54 Å². The molecule has 0 fully saturated rings. The van der Waals surface area contributed by atoms with E-state index in [9.17, 15) is 21.6 Å². The Balaban J connectivity index is 1.70. The molecule has 12 heteroatoms. The zero-order chi connectivity index (χ0) is 23.4. The van der Waals surface area contributed by atoms with E-state index in [0.717, 1.165) is 14.1 Å². The van der Waals surface area contributed by atoms with Crippen molar-refractivity contribution < 1.29 is 21.6 Å². The topological polar surface area (TPSA) is 126 Å². The number of sulfonamides is 2.